The highest BCUT2D eigenvalue weighted by atomic mass is 16.6. The molecule has 51 heavy (non-hydrogen) atoms. The summed E-state index contributed by atoms with van der Waals surface area (Å²) in [5.74, 6) is -1.82. The lowest BCUT2D eigenvalue weighted by atomic mass is 10.1. The van der Waals surface area contributed by atoms with Crippen molar-refractivity contribution in [1.29, 1.82) is 0 Å². The fourth-order valence-electron chi connectivity index (χ4n) is 5.12. The quantitative estimate of drug-likeness (QED) is 0.0962. The van der Waals surface area contributed by atoms with Gasteiger partial charge in [0.1, 0.15) is 28.4 Å². The lowest BCUT2D eigenvalue weighted by Crippen LogP contribution is -2.31. The normalized spacial score (nSPS) is 11.0. The first-order valence-electron chi connectivity index (χ1n) is 16.0. The van der Waals surface area contributed by atoms with Gasteiger partial charge in [0.05, 0.1) is 22.7 Å². The molecular weight excluding hydrogens is 659 g/mol. The van der Waals surface area contributed by atoms with E-state index in [0.29, 0.717) is 46.3 Å². The van der Waals surface area contributed by atoms with Crippen molar-refractivity contribution in [2.24, 2.45) is 28.2 Å². The molecule has 18 heteroatoms. The molecule has 0 aromatic carbocycles. The van der Waals surface area contributed by atoms with Gasteiger partial charge in [-0.15, -0.1) is 0 Å². The Morgan fingerprint density at radius 3 is 1.25 bits per heavy atom. The Hall–Kier alpha value is -6.20. The summed E-state index contributed by atoms with van der Waals surface area (Å²) in [7, 11) is 8.08. The van der Waals surface area contributed by atoms with Gasteiger partial charge in [0.25, 0.3) is 23.6 Å². The van der Waals surface area contributed by atoms with E-state index < -0.39 is 23.5 Å². The second-order valence-corrected chi connectivity index (χ2v) is 13.0. The highest BCUT2D eigenvalue weighted by Gasteiger charge is 2.20. The molecule has 0 atom stereocenters. The molecule has 270 valence electrons. The summed E-state index contributed by atoms with van der Waals surface area (Å²) in [6, 6.07) is 6.17. The molecule has 0 spiro atoms. The molecule has 4 aromatic rings. The van der Waals surface area contributed by atoms with E-state index in [-0.39, 0.29) is 36.4 Å². The van der Waals surface area contributed by atoms with Crippen LogP contribution in [0.3, 0.4) is 0 Å². The molecule has 0 bridgehead atoms. The van der Waals surface area contributed by atoms with Crippen molar-refractivity contribution < 1.29 is 33.5 Å². The van der Waals surface area contributed by atoms with Gasteiger partial charge >= 0.3 is 6.09 Å². The summed E-state index contributed by atoms with van der Waals surface area (Å²) in [6.45, 7) is 5.80. The van der Waals surface area contributed by atoms with Gasteiger partial charge in [-0.25, -0.2) is 4.79 Å². The molecule has 0 saturated heterocycles. The van der Waals surface area contributed by atoms with Gasteiger partial charge in [-0.05, 0) is 51.5 Å². The number of anilines is 4. The minimum absolute atomic E-state index is 0.251. The van der Waals surface area contributed by atoms with Crippen LogP contribution in [0.15, 0.2) is 49.1 Å². The number of carbonyl (C=O) groups is 6. The molecule has 6 amide bonds. The fraction of sp³-hybridized carbons (Fsp3) is 0.333. The highest BCUT2D eigenvalue weighted by molar-refractivity contribution is 6.60. The molecule has 0 saturated carbocycles. The van der Waals surface area contributed by atoms with Crippen molar-refractivity contribution in [2.75, 3.05) is 34.4 Å². The van der Waals surface area contributed by atoms with Crippen LogP contribution in [-0.4, -0.2) is 80.3 Å². The van der Waals surface area contributed by atoms with Crippen molar-refractivity contribution in [2.45, 2.75) is 32.8 Å². The van der Waals surface area contributed by atoms with E-state index in [0.717, 1.165) is 0 Å². The van der Waals surface area contributed by atoms with Gasteiger partial charge in [-0.2, -0.15) is 0 Å². The molecule has 0 fully saturated rings. The van der Waals surface area contributed by atoms with Crippen LogP contribution in [0.4, 0.5) is 32.3 Å². The van der Waals surface area contributed by atoms with E-state index in [2.05, 4.69) is 31.9 Å². The summed E-state index contributed by atoms with van der Waals surface area (Å²) >= 11 is 0. The van der Waals surface area contributed by atoms with E-state index in [1.165, 1.54) is 13.9 Å². The summed E-state index contributed by atoms with van der Waals surface area (Å²) in [5.41, 5.74) is 2.27. The zero-order valence-corrected chi connectivity index (χ0v) is 29.9. The van der Waals surface area contributed by atoms with Gasteiger partial charge in [0, 0.05) is 66.1 Å². The summed E-state index contributed by atoms with van der Waals surface area (Å²) in [5, 5.41) is 16.4. The molecule has 4 aromatic heterocycles. The third-order valence-corrected chi connectivity index (χ3v) is 7.36. The molecule has 17 nitrogen and oxygen atoms in total. The average molecular weight is 703 g/mol. The number of aromatic nitrogens is 4. The number of hydrogen-bond acceptors (Lipinski definition) is 7. The third-order valence-electron chi connectivity index (χ3n) is 7.36. The average Bonchev–Trinajstić information content (AvgIpc) is 3.76. The number of aryl methyl sites for hydroxylation is 4. The maximum absolute atomic E-state index is 13.0. The lowest BCUT2D eigenvalue weighted by molar-refractivity contribution is 0.0635. The molecule has 0 unspecified atom stereocenters. The number of ether oxygens (including phenoxy) is 1. The maximum atomic E-state index is 13.0. The Balaban J connectivity index is 1.23. The first kappa shape index (κ1) is 37.6. The first-order valence-corrected chi connectivity index (χ1v) is 16.0. The minimum atomic E-state index is -0.671. The Kier molecular flexibility index (Phi) is 11.5. The summed E-state index contributed by atoms with van der Waals surface area (Å²) in [6.07, 6.45) is 6.23. The number of rotatable bonds is 12. The predicted molar refractivity (Wildman–Crippen MR) is 194 cm³/mol. The molecule has 4 rings (SSSR count). The van der Waals surface area contributed by atoms with Gasteiger partial charge in [-0.1, -0.05) is 0 Å². The van der Waals surface area contributed by atoms with Crippen LogP contribution in [-0.2, 0) is 32.9 Å². The SMILES string of the molecule is BC(=O)Nc1cc(C(=O)Nc2cc(C(=O)NCCCNC(=O)c3cc(NC(=O)c4cc(NC(=O)OC(C)(C)C)cn4C)cn3C)n(C)c2)n(C)c1. The van der Waals surface area contributed by atoms with Gasteiger partial charge in [0.15, 0.2) is 5.81 Å². The van der Waals surface area contributed by atoms with E-state index >= 15 is 0 Å². The van der Waals surface area contributed by atoms with Gasteiger partial charge in [0.2, 0.25) is 7.85 Å². The largest absolute Gasteiger partial charge is 0.444 e. The van der Waals surface area contributed by atoms with Crippen LogP contribution in [0.1, 0.15) is 69.1 Å². The van der Waals surface area contributed by atoms with Crippen molar-refractivity contribution in [1.82, 2.24) is 28.9 Å². The highest BCUT2D eigenvalue weighted by Crippen LogP contribution is 2.20. The van der Waals surface area contributed by atoms with E-state index in [4.69, 9.17) is 4.74 Å². The molecule has 6 N–H and O–H groups in total. The second-order valence-electron chi connectivity index (χ2n) is 13.0. The molecule has 0 aliphatic rings. The van der Waals surface area contributed by atoms with Crippen molar-refractivity contribution >= 4 is 66.1 Å². The Labute approximate surface area is 295 Å². The van der Waals surface area contributed by atoms with Crippen molar-refractivity contribution in [3.8, 4) is 0 Å². The Morgan fingerprint density at radius 1 is 0.569 bits per heavy atom. The Bertz CT molecular complexity index is 1980. The number of nitrogens with zero attached hydrogens (tertiary/aromatic N) is 4. The first-order chi connectivity index (χ1) is 23.9. The zero-order valence-electron chi connectivity index (χ0n) is 29.9. The van der Waals surface area contributed by atoms with E-state index in [1.54, 1.807) is 110 Å². The van der Waals surface area contributed by atoms with Crippen LogP contribution in [0.5, 0.6) is 0 Å². The second kappa shape index (κ2) is 15.6. The van der Waals surface area contributed by atoms with Crippen LogP contribution < -0.4 is 31.9 Å². The minimum Gasteiger partial charge on any atom is -0.444 e. The van der Waals surface area contributed by atoms with Gasteiger partial charge < -0.3 is 49.6 Å². The number of amides is 6. The van der Waals surface area contributed by atoms with E-state index in [1.807, 2.05) is 0 Å². The molecular formula is C33H43BN10O7. The van der Waals surface area contributed by atoms with E-state index in [9.17, 15) is 28.8 Å². The smallest absolute Gasteiger partial charge is 0.412 e. The van der Waals surface area contributed by atoms with Crippen LogP contribution in [0.25, 0.3) is 0 Å². The van der Waals surface area contributed by atoms with Crippen molar-refractivity contribution in [3.05, 3.63) is 71.8 Å². The van der Waals surface area contributed by atoms with Gasteiger partial charge in [-0.3, -0.25) is 29.3 Å². The number of hydrogen-bond donors (Lipinski definition) is 6. The number of carbonyl (C=O) groups excluding carboxylic acids is 6. The number of nitrogens with one attached hydrogen (secondary N) is 6. The molecule has 0 radical (unpaired) electrons. The lowest BCUT2D eigenvalue weighted by Gasteiger charge is -2.19. The van der Waals surface area contributed by atoms with Crippen LogP contribution in [0, 0.1) is 0 Å². The van der Waals surface area contributed by atoms with Crippen LogP contribution >= 0.6 is 0 Å². The molecule has 0 aliphatic heterocycles. The predicted octanol–water partition coefficient (Wildman–Crippen LogP) is 2.61. The fourth-order valence-corrected chi connectivity index (χ4v) is 5.12. The van der Waals surface area contributed by atoms with Crippen LogP contribution in [0.2, 0.25) is 0 Å². The third kappa shape index (κ3) is 10.2. The zero-order chi connectivity index (χ0) is 37.6. The molecule has 0 aliphatic carbocycles. The standard InChI is InChI=1S/C33H43BN10O7/c1-33(2,3)51-32(50)40-22-14-26(44(7)18-22)30(48)38-20-12-24(42(5)16-20)28(46)36-10-8-9-35-27(45)23-11-19(15-41(23)4)37-29(47)25-13-21(17-43(25)6)39-31(34)49/h11-18H,8-10,34H2,1-7H3,(H,35,45)(H,36,46)(H,37,47)(H,38,48)(H,39,49)(H,40,50). The van der Waals surface area contributed by atoms with Crippen molar-refractivity contribution in [3.63, 3.8) is 0 Å². The maximum Gasteiger partial charge on any atom is 0.412 e. The monoisotopic (exact) mass is 702 g/mol. The molecule has 4 heterocycles. The summed E-state index contributed by atoms with van der Waals surface area (Å²) in [4.78, 5) is 74.9. The summed E-state index contributed by atoms with van der Waals surface area (Å²) < 4.78 is 11.6. The topological polar surface area (TPSA) is 204 Å². The Morgan fingerprint density at radius 2 is 0.902 bits per heavy atom.